The van der Waals surface area contributed by atoms with Crippen molar-refractivity contribution in [2.24, 2.45) is 0 Å². The number of benzene rings is 2. The number of hydrogen-bond acceptors (Lipinski definition) is 9. The molecule has 0 saturated carbocycles. The Kier molecular flexibility index (Phi) is 5.83. The summed E-state index contributed by atoms with van der Waals surface area (Å²) >= 11 is 1.41. The van der Waals surface area contributed by atoms with Crippen LogP contribution >= 0.6 is 11.9 Å². The lowest BCUT2D eigenvalue weighted by Gasteiger charge is -2.10. The van der Waals surface area contributed by atoms with Gasteiger partial charge in [-0.2, -0.15) is 5.26 Å². The second-order valence-electron chi connectivity index (χ2n) is 6.42. The van der Waals surface area contributed by atoms with Gasteiger partial charge in [0.25, 0.3) is 5.69 Å². The van der Waals surface area contributed by atoms with Gasteiger partial charge in [0, 0.05) is 41.6 Å². The van der Waals surface area contributed by atoms with Crippen molar-refractivity contribution in [2.45, 2.75) is 11.3 Å². The predicted octanol–water partition coefficient (Wildman–Crippen LogP) is 3.84. The number of nitro benzene ring substituents is 1. The lowest BCUT2D eigenvalue weighted by atomic mass is 10.1. The maximum absolute atomic E-state index is 10.7. The number of ether oxygens (including phenoxy) is 2. The van der Waals surface area contributed by atoms with Crippen molar-refractivity contribution in [3.8, 4) is 17.6 Å². The van der Waals surface area contributed by atoms with Crippen LogP contribution < -0.4 is 19.5 Å². The summed E-state index contributed by atoms with van der Waals surface area (Å²) in [7, 11) is 0. The van der Waals surface area contributed by atoms with E-state index in [1.54, 1.807) is 18.2 Å². The average molecular weight is 423 g/mol. The van der Waals surface area contributed by atoms with E-state index in [9.17, 15) is 15.4 Å². The molecule has 0 saturated heterocycles. The van der Waals surface area contributed by atoms with Crippen LogP contribution in [-0.4, -0.2) is 29.8 Å². The summed E-state index contributed by atoms with van der Waals surface area (Å²) < 4.78 is 14.0. The zero-order valence-corrected chi connectivity index (χ0v) is 16.6. The zero-order valence-electron chi connectivity index (χ0n) is 15.8. The van der Waals surface area contributed by atoms with Crippen LogP contribution in [0.2, 0.25) is 0 Å². The topological polar surface area (TPSA) is 122 Å². The van der Waals surface area contributed by atoms with Gasteiger partial charge in [0.1, 0.15) is 11.9 Å². The number of hydrogen-bond donors (Lipinski definition) is 2. The molecule has 0 amide bonds. The van der Waals surface area contributed by atoms with Crippen LogP contribution in [-0.2, 0) is 0 Å². The molecular weight excluding hydrogens is 406 g/mol. The van der Waals surface area contributed by atoms with Gasteiger partial charge in [0.2, 0.25) is 6.79 Å². The summed E-state index contributed by atoms with van der Waals surface area (Å²) in [4.78, 5) is 15.7. The molecule has 1 aliphatic rings. The number of non-ortho nitro benzene ring substituents is 1. The number of anilines is 1. The molecule has 1 aromatic heterocycles. The van der Waals surface area contributed by atoms with Gasteiger partial charge >= 0.3 is 0 Å². The largest absolute Gasteiger partial charge is 0.454 e. The predicted molar refractivity (Wildman–Crippen MR) is 113 cm³/mol. The molecular formula is C20H17N5O4S. The van der Waals surface area contributed by atoms with Crippen LogP contribution in [0, 0.1) is 21.4 Å². The molecule has 10 heteroatoms. The van der Waals surface area contributed by atoms with E-state index in [0.29, 0.717) is 36.0 Å². The first kappa shape index (κ1) is 19.8. The Balaban J connectivity index is 1.30. The van der Waals surface area contributed by atoms with E-state index in [1.807, 2.05) is 12.1 Å². The highest BCUT2D eigenvalue weighted by Crippen LogP contribution is 2.36. The maximum Gasteiger partial charge on any atom is 0.269 e. The SMILES string of the molecule is N#Cc1cc2cc3c(cc2nc1NCCCNSc1ccc([N+](=O)[O-])cc1)OCO3. The van der Waals surface area contributed by atoms with Crippen molar-refractivity contribution in [1.82, 2.24) is 9.71 Å². The Bertz CT molecular complexity index is 1130. The number of nitrogens with one attached hydrogen (secondary N) is 2. The maximum atomic E-state index is 10.7. The van der Waals surface area contributed by atoms with E-state index in [1.165, 1.54) is 24.1 Å². The van der Waals surface area contributed by atoms with Gasteiger partial charge in [-0.05, 0) is 42.6 Å². The van der Waals surface area contributed by atoms with E-state index < -0.39 is 4.92 Å². The van der Waals surface area contributed by atoms with Crippen LogP contribution in [0.4, 0.5) is 11.5 Å². The third-order valence-electron chi connectivity index (χ3n) is 4.42. The van der Waals surface area contributed by atoms with Gasteiger partial charge in [0.15, 0.2) is 11.5 Å². The number of rotatable bonds is 8. The summed E-state index contributed by atoms with van der Waals surface area (Å²) in [5, 5.41) is 24.2. The summed E-state index contributed by atoms with van der Waals surface area (Å²) in [5.41, 5.74) is 1.27. The van der Waals surface area contributed by atoms with Crippen molar-refractivity contribution in [1.29, 1.82) is 5.26 Å². The third kappa shape index (κ3) is 4.37. The van der Waals surface area contributed by atoms with E-state index in [0.717, 1.165) is 22.2 Å². The molecule has 4 rings (SSSR count). The molecule has 1 aliphatic heterocycles. The molecule has 3 aromatic rings. The van der Waals surface area contributed by atoms with Gasteiger partial charge in [-0.25, -0.2) is 4.98 Å². The minimum atomic E-state index is -0.419. The lowest BCUT2D eigenvalue weighted by Crippen LogP contribution is -2.12. The Labute approximate surface area is 176 Å². The molecule has 0 bridgehead atoms. The summed E-state index contributed by atoms with van der Waals surface area (Å²) in [6, 6.07) is 14.0. The number of nitrogens with zero attached hydrogens (tertiary/aromatic N) is 3. The molecule has 9 nitrogen and oxygen atoms in total. The molecule has 2 N–H and O–H groups in total. The fraction of sp³-hybridized carbons (Fsp3) is 0.200. The molecule has 0 fully saturated rings. The van der Waals surface area contributed by atoms with Crippen LogP contribution in [0.3, 0.4) is 0 Å². The molecule has 0 atom stereocenters. The summed E-state index contributed by atoms with van der Waals surface area (Å²) in [6.07, 6.45) is 0.797. The Hall–Kier alpha value is -3.55. The molecule has 0 radical (unpaired) electrons. The van der Waals surface area contributed by atoms with E-state index in [-0.39, 0.29) is 12.5 Å². The van der Waals surface area contributed by atoms with Crippen molar-refractivity contribution in [3.05, 3.63) is 58.1 Å². The molecule has 30 heavy (non-hydrogen) atoms. The molecule has 152 valence electrons. The van der Waals surface area contributed by atoms with E-state index >= 15 is 0 Å². The fourth-order valence-electron chi connectivity index (χ4n) is 2.92. The average Bonchev–Trinajstić information content (AvgIpc) is 3.21. The lowest BCUT2D eigenvalue weighted by molar-refractivity contribution is -0.384. The van der Waals surface area contributed by atoms with Crippen molar-refractivity contribution in [2.75, 3.05) is 25.2 Å². The summed E-state index contributed by atoms with van der Waals surface area (Å²) in [5.74, 6) is 1.84. The van der Waals surface area contributed by atoms with Crippen molar-refractivity contribution in [3.63, 3.8) is 0 Å². The Morgan fingerprint density at radius 3 is 2.67 bits per heavy atom. The normalized spacial score (nSPS) is 12.0. The van der Waals surface area contributed by atoms with E-state index in [4.69, 9.17) is 9.47 Å². The monoisotopic (exact) mass is 423 g/mol. The summed E-state index contributed by atoms with van der Waals surface area (Å²) in [6.45, 7) is 1.53. The molecule has 2 aromatic carbocycles. The highest BCUT2D eigenvalue weighted by Gasteiger charge is 2.16. The molecule has 2 heterocycles. The highest BCUT2D eigenvalue weighted by molar-refractivity contribution is 7.97. The standard InChI is InChI=1S/C20H17N5O4S/c21-11-14-8-13-9-18-19(29-12-28-18)10-17(13)24-20(14)22-6-1-7-23-30-16-4-2-15(3-5-16)25(26)27/h2-5,8-10,23H,1,6-7,12H2,(H,22,24). The first-order valence-electron chi connectivity index (χ1n) is 9.16. The van der Waals surface area contributed by atoms with Crippen LogP contribution in [0.25, 0.3) is 10.9 Å². The first-order chi connectivity index (χ1) is 14.6. The quantitative estimate of drug-likeness (QED) is 0.241. The highest BCUT2D eigenvalue weighted by atomic mass is 32.2. The molecule has 0 unspecified atom stereocenters. The first-order valence-corrected chi connectivity index (χ1v) is 9.98. The van der Waals surface area contributed by atoms with Crippen LogP contribution in [0.1, 0.15) is 12.0 Å². The molecule has 0 aliphatic carbocycles. The van der Waals surface area contributed by atoms with Gasteiger partial charge < -0.3 is 14.8 Å². The van der Waals surface area contributed by atoms with E-state index in [2.05, 4.69) is 21.1 Å². The Morgan fingerprint density at radius 1 is 1.17 bits per heavy atom. The van der Waals surface area contributed by atoms with Gasteiger partial charge in [0.05, 0.1) is 16.0 Å². The van der Waals surface area contributed by atoms with Crippen molar-refractivity contribution < 1.29 is 14.4 Å². The van der Waals surface area contributed by atoms with Crippen LogP contribution in [0.5, 0.6) is 11.5 Å². The number of fused-ring (bicyclic) bond motifs is 2. The smallest absolute Gasteiger partial charge is 0.269 e. The third-order valence-corrected chi connectivity index (χ3v) is 5.27. The van der Waals surface area contributed by atoms with Gasteiger partial charge in [-0.1, -0.05) is 0 Å². The number of nitriles is 1. The van der Waals surface area contributed by atoms with Gasteiger partial charge in [-0.15, -0.1) is 0 Å². The van der Waals surface area contributed by atoms with Crippen LogP contribution in [0.15, 0.2) is 47.4 Å². The molecule has 0 spiro atoms. The number of nitro groups is 1. The Morgan fingerprint density at radius 2 is 1.93 bits per heavy atom. The minimum Gasteiger partial charge on any atom is -0.454 e. The fourth-order valence-corrected chi connectivity index (χ4v) is 3.61. The minimum absolute atomic E-state index is 0.0729. The number of aromatic nitrogens is 1. The number of pyridine rings is 1. The zero-order chi connectivity index (χ0) is 20.9. The van der Waals surface area contributed by atoms with Crippen molar-refractivity contribution >= 4 is 34.4 Å². The second kappa shape index (κ2) is 8.86. The second-order valence-corrected chi connectivity index (χ2v) is 7.39. The van der Waals surface area contributed by atoms with Gasteiger partial charge in [-0.3, -0.25) is 14.8 Å².